The number of carbonyl (C=O) groups excluding carboxylic acids is 2. The van der Waals surface area contributed by atoms with E-state index in [2.05, 4.69) is 11.9 Å². The predicted octanol–water partition coefficient (Wildman–Crippen LogP) is 0.807. The second kappa shape index (κ2) is 5.59. The first-order valence-corrected chi connectivity index (χ1v) is 4.22. The lowest BCUT2D eigenvalue weighted by atomic mass is 10.4. The molecule has 74 valence electrons. The van der Waals surface area contributed by atoms with Gasteiger partial charge in [0, 0.05) is 5.57 Å². The molecule has 1 amide bonds. The Morgan fingerprint density at radius 1 is 1.62 bits per heavy atom. The molecular weight excluding hydrogens is 194 g/mol. The highest BCUT2D eigenvalue weighted by Crippen LogP contribution is 1.95. The van der Waals surface area contributed by atoms with Gasteiger partial charge in [0.2, 0.25) is 5.91 Å². The van der Waals surface area contributed by atoms with Gasteiger partial charge in [-0.25, -0.2) is 4.79 Å². The van der Waals surface area contributed by atoms with Crippen LogP contribution < -0.4 is 5.32 Å². The minimum atomic E-state index is -0.685. The molecule has 0 aliphatic rings. The predicted molar refractivity (Wildman–Crippen MR) is 49.2 cm³/mol. The molecule has 0 aliphatic carbocycles. The zero-order valence-electron chi connectivity index (χ0n) is 7.59. The number of amides is 1. The Hall–Kier alpha value is -1.03. The molecule has 0 saturated carbocycles. The molecule has 0 rings (SSSR count). The molecule has 1 N–H and O–H groups in total. The smallest absolute Gasteiger partial charge is 0.335 e. The van der Waals surface area contributed by atoms with Crippen LogP contribution in [-0.2, 0) is 14.3 Å². The summed E-state index contributed by atoms with van der Waals surface area (Å²) in [6, 6.07) is 0. The summed E-state index contributed by atoms with van der Waals surface area (Å²) in [5, 5.41) is 2.36. The number of rotatable bonds is 4. The quantitative estimate of drug-likeness (QED) is 0.320. The van der Waals surface area contributed by atoms with Crippen molar-refractivity contribution in [2.45, 2.75) is 20.1 Å². The summed E-state index contributed by atoms with van der Waals surface area (Å²) in [4.78, 5) is 21.6. The molecule has 0 aromatic carbocycles. The van der Waals surface area contributed by atoms with Crippen LogP contribution in [0.15, 0.2) is 12.2 Å². The number of hydrogen-bond acceptors (Lipinski definition) is 3. The molecule has 0 aromatic heterocycles. The molecule has 5 heteroatoms. The van der Waals surface area contributed by atoms with Gasteiger partial charge in [-0.2, -0.15) is 0 Å². The molecule has 0 aliphatic heterocycles. The first-order chi connectivity index (χ1) is 5.97. The van der Waals surface area contributed by atoms with Crippen LogP contribution in [0.5, 0.6) is 0 Å². The SMILES string of the molecule is C=C(C)C(=O)OC(C)NC(=O)CCl. The van der Waals surface area contributed by atoms with Crippen LogP contribution in [0.2, 0.25) is 0 Å². The molecule has 1 unspecified atom stereocenters. The summed E-state index contributed by atoms with van der Waals surface area (Å²) >= 11 is 5.23. The van der Waals surface area contributed by atoms with Gasteiger partial charge in [0.25, 0.3) is 0 Å². The third-order valence-electron chi connectivity index (χ3n) is 1.12. The van der Waals surface area contributed by atoms with E-state index in [1.165, 1.54) is 13.8 Å². The zero-order chi connectivity index (χ0) is 10.4. The largest absolute Gasteiger partial charge is 0.439 e. The van der Waals surface area contributed by atoms with E-state index in [1.807, 2.05) is 0 Å². The molecule has 0 heterocycles. The summed E-state index contributed by atoms with van der Waals surface area (Å²) < 4.78 is 4.76. The average Bonchev–Trinajstić information content (AvgIpc) is 2.03. The Labute approximate surface area is 81.9 Å². The van der Waals surface area contributed by atoms with E-state index in [9.17, 15) is 9.59 Å². The van der Waals surface area contributed by atoms with E-state index in [0.29, 0.717) is 0 Å². The Balaban J connectivity index is 3.87. The fourth-order valence-corrected chi connectivity index (χ4v) is 0.633. The fourth-order valence-electron chi connectivity index (χ4n) is 0.556. The number of hydrogen-bond donors (Lipinski definition) is 1. The van der Waals surface area contributed by atoms with Crippen molar-refractivity contribution in [1.82, 2.24) is 5.32 Å². The van der Waals surface area contributed by atoms with Crippen molar-refractivity contribution in [1.29, 1.82) is 0 Å². The molecule has 0 radical (unpaired) electrons. The second-order valence-electron chi connectivity index (χ2n) is 2.53. The molecule has 0 aromatic rings. The summed E-state index contributed by atoms with van der Waals surface area (Å²) in [6.07, 6.45) is -0.685. The van der Waals surface area contributed by atoms with Gasteiger partial charge in [0.1, 0.15) is 5.88 Å². The van der Waals surface area contributed by atoms with Crippen LogP contribution >= 0.6 is 11.6 Å². The first kappa shape index (κ1) is 12.0. The van der Waals surface area contributed by atoms with Gasteiger partial charge in [-0.05, 0) is 13.8 Å². The second-order valence-corrected chi connectivity index (χ2v) is 2.80. The maximum atomic E-state index is 10.9. The van der Waals surface area contributed by atoms with Crippen LogP contribution in [-0.4, -0.2) is 24.0 Å². The van der Waals surface area contributed by atoms with E-state index in [4.69, 9.17) is 16.3 Å². The van der Waals surface area contributed by atoms with E-state index in [0.717, 1.165) is 0 Å². The van der Waals surface area contributed by atoms with Gasteiger partial charge in [-0.3, -0.25) is 4.79 Å². The molecule has 0 spiro atoms. The maximum absolute atomic E-state index is 10.9. The van der Waals surface area contributed by atoms with E-state index in [-0.39, 0.29) is 17.4 Å². The van der Waals surface area contributed by atoms with Gasteiger partial charge in [-0.1, -0.05) is 6.58 Å². The van der Waals surface area contributed by atoms with Crippen molar-refractivity contribution in [3.8, 4) is 0 Å². The van der Waals surface area contributed by atoms with Crippen LogP contribution in [0.25, 0.3) is 0 Å². The Morgan fingerprint density at radius 3 is 2.54 bits per heavy atom. The lowest BCUT2D eigenvalue weighted by Crippen LogP contribution is -2.36. The number of ether oxygens (including phenoxy) is 1. The highest BCUT2D eigenvalue weighted by molar-refractivity contribution is 6.27. The Bertz CT molecular complexity index is 227. The van der Waals surface area contributed by atoms with Crippen molar-refractivity contribution in [3.63, 3.8) is 0 Å². The van der Waals surface area contributed by atoms with Gasteiger partial charge in [-0.15, -0.1) is 11.6 Å². The Kier molecular flexibility index (Phi) is 5.14. The lowest BCUT2D eigenvalue weighted by Gasteiger charge is -2.13. The standard InChI is InChI=1S/C8H12ClNO3/c1-5(2)8(12)13-6(3)10-7(11)4-9/h6H,1,4H2,2-3H3,(H,10,11). The summed E-state index contributed by atoms with van der Waals surface area (Å²) in [6.45, 7) is 6.45. The highest BCUT2D eigenvalue weighted by atomic mass is 35.5. The molecule has 0 bridgehead atoms. The van der Waals surface area contributed by atoms with Gasteiger partial charge >= 0.3 is 5.97 Å². The van der Waals surface area contributed by atoms with Crippen molar-refractivity contribution >= 4 is 23.5 Å². The summed E-state index contributed by atoms with van der Waals surface area (Å²) in [5.41, 5.74) is 0.284. The monoisotopic (exact) mass is 205 g/mol. The van der Waals surface area contributed by atoms with E-state index < -0.39 is 12.2 Å². The minimum absolute atomic E-state index is 0.158. The third-order valence-corrected chi connectivity index (χ3v) is 1.36. The maximum Gasteiger partial charge on any atom is 0.335 e. The highest BCUT2D eigenvalue weighted by Gasteiger charge is 2.11. The summed E-state index contributed by atoms with van der Waals surface area (Å²) in [7, 11) is 0. The zero-order valence-corrected chi connectivity index (χ0v) is 8.35. The number of nitrogens with one attached hydrogen (secondary N) is 1. The van der Waals surface area contributed by atoms with Crippen molar-refractivity contribution in [2.24, 2.45) is 0 Å². The molecule has 0 fully saturated rings. The van der Waals surface area contributed by atoms with E-state index in [1.54, 1.807) is 0 Å². The van der Waals surface area contributed by atoms with Crippen LogP contribution in [0.3, 0.4) is 0 Å². The number of halogens is 1. The Morgan fingerprint density at radius 2 is 2.15 bits per heavy atom. The van der Waals surface area contributed by atoms with Gasteiger partial charge < -0.3 is 10.1 Å². The molecule has 1 atom stereocenters. The average molecular weight is 206 g/mol. The van der Waals surface area contributed by atoms with Gasteiger partial charge in [0.15, 0.2) is 6.23 Å². The van der Waals surface area contributed by atoms with Crippen LogP contribution in [0.4, 0.5) is 0 Å². The number of alkyl halides is 1. The third kappa shape index (κ3) is 5.25. The number of esters is 1. The van der Waals surface area contributed by atoms with E-state index >= 15 is 0 Å². The molecular formula is C8H12ClNO3. The van der Waals surface area contributed by atoms with Crippen molar-refractivity contribution < 1.29 is 14.3 Å². The molecule has 4 nitrogen and oxygen atoms in total. The molecule has 13 heavy (non-hydrogen) atoms. The number of carbonyl (C=O) groups is 2. The normalized spacial score (nSPS) is 11.6. The van der Waals surface area contributed by atoms with Crippen molar-refractivity contribution in [2.75, 3.05) is 5.88 Å². The van der Waals surface area contributed by atoms with Crippen LogP contribution in [0.1, 0.15) is 13.8 Å². The lowest BCUT2D eigenvalue weighted by molar-refractivity contribution is -0.146. The summed E-state index contributed by atoms with van der Waals surface area (Å²) in [5.74, 6) is -1.08. The van der Waals surface area contributed by atoms with Crippen molar-refractivity contribution in [3.05, 3.63) is 12.2 Å². The minimum Gasteiger partial charge on any atom is -0.439 e. The first-order valence-electron chi connectivity index (χ1n) is 3.69. The van der Waals surface area contributed by atoms with Gasteiger partial charge in [0.05, 0.1) is 0 Å². The van der Waals surface area contributed by atoms with Crippen LogP contribution in [0, 0.1) is 0 Å². The topological polar surface area (TPSA) is 55.4 Å². The fraction of sp³-hybridized carbons (Fsp3) is 0.500. The molecule has 0 saturated heterocycles.